The van der Waals surface area contributed by atoms with Crippen LogP contribution < -0.4 is 10.4 Å². The third-order valence-corrected chi connectivity index (χ3v) is 3.77. The predicted octanol–water partition coefficient (Wildman–Crippen LogP) is 1.20. The SMILES string of the molecule is Cc1ccc2c(c1)[C@@H]1C=CC[C@H]1[C@H](C(=O)[O-])N2. The van der Waals surface area contributed by atoms with Gasteiger partial charge in [0.25, 0.3) is 0 Å². The van der Waals surface area contributed by atoms with Crippen molar-refractivity contribution in [2.24, 2.45) is 5.92 Å². The van der Waals surface area contributed by atoms with E-state index in [0.717, 1.165) is 12.1 Å². The molecule has 0 saturated carbocycles. The monoisotopic (exact) mass is 228 g/mol. The third-order valence-electron chi connectivity index (χ3n) is 3.77. The van der Waals surface area contributed by atoms with Crippen molar-refractivity contribution in [2.45, 2.75) is 25.3 Å². The van der Waals surface area contributed by atoms with Gasteiger partial charge in [-0.1, -0.05) is 29.8 Å². The normalized spacial score (nSPS) is 29.4. The van der Waals surface area contributed by atoms with Gasteiger partial charge in [-0.15, -0.1) is 0 Å². The molecule has 17 heavy (non-hydrogen) atoms. The van der Waals surface area contributed by atoms with Crippen molar-refractivity contribution in [2.75, 3.05) is 5.32 Å². The average molecular weight is 228 g/mol. The van der Waals surface area contributed by atoms with Gasteiger partial charge in [-0.25, -0.2) is 0 Å². The number of carboxylic acid groups (broad SMARTS) is 1. The molecule has 0 aromatic heterocycles. The number of carbonyl (C=O) groups excluding carboxylic acids is 1. The Kier molecular flexibility index (Phi) is 2.21. The number of aliphatic carboxylic acids is 1. The Bertz CT molecular complexity index is 507. The lowest BCUT2D eigenvalue weighted by Gasteiger charge is -2.37. The van der Waals surface area contributed by atoms with Crippen LogP contribution in [0.2, 0.25) is 0 Å². The van der Waals surface area contributed by atoms with Crippen LogP contribution >= 0.6 is 0 Å². The summed E-state index contributed by atoms with van der Waals surface area (Å²) in [5.41, 5.74) is 3.34. The van der Waals surface area contributed by atoms with Crippen LogP contribution in [0.3, 0.4) is 0 Å². The Morgan fingerprint density at radius 1 is 1.47 bits per heavy atom. The first-order chi connectivity index (χ1) is 8.16. The summed E-state index contributed by atoms with van der Waals surface area (Å²) in [6, 6.07) is 5.52. The van der Waals surface area contributed by atoms with Crippen LogP contribution in [-0.4, -0.2) is 12.0 Å². The number of hydrogen-bond donors (Lipinski definition) is 1. The molecule has 88 valence electrons. The van der Waals surface area contributed by atoms with Gasteiger partial charge < -0.3 is 15.2 Å². The fraction of sp³-hybridized carbons (Fsp3) is 0.357. The second-order valence-electron chi connectivity index (χ2n) is 4.89. The Labute approximate surface area is 100 Å². The summed E-state index contributed by atoms with van der Waals surface area (Å²) in [7, 11) is 0. The first-order valence-corrected chi connectivity index (χ1v) is 5.91. The molecule has 0 saturated heterocycles. The van der Waals surface area contributed by atoms with Gasteiger partial charge >= 0.3 is 0 Å². The van der Waals surface area contributed by atoms with Gasteiger partial charge in [0.05, 0.1) is 12.0 Å². The summed E-state index contributed by atoms with van der Waals surface area (Å²) >= 11 is 0. The molecule has 0 spiro atoms. The minimum atomic E-state index is -1.00. The van der Waals surface area contributed by atoms with Gasteiger partial charge in [0.1, 0.15) is 0 Å². The van der Waals surface area contributed by atoms with Crippen LogP contribution in [0.15, 0.2) is 30.4 Å². The van der Waals surface area contributed by atoms with Crippen LogP contribution in [-0.2, 0) is 4.79 Å². The molecule has 2 aliphatic rings. The number of hydrogen-bond acceptors (Lipinski definition) is 3. The van der Waals surface area contributed by atoms with Crippen molar-refractivity contribution in [1.29, 1.82) is 0 Å². The number of allylic oxidation sites excluding steroid dienone is 2. The zero-order valence-corrected chi connectivity index (χ0v) is 9.64. The lowest BCUT2D eigenvalue weighted by Crippen LogP contribution is -2.48. The van der Waals surface area contributed by atoms with Crippen molar-refractivity contribution >= 4 is 11.7 Å². The molecule has 1 aliphatic heterocycles. The number of carboxylic acids is 1. The molecule has 1 N–H and O–H groups in total. The summed E-state index contributed by atoms with van der Waals surface area (Å²) < 4.78 is 0. The highest BCUT2D eigenvalue weighted by atomic mass is 16.4. The molecule has 3 heteroatoms. The number of anilines is 1. The summed E-state index contributed by atoms with van der Waals surface area (Å²) in [6.45, 7) is 2.05. The second kappa shape index (κ2) is 3.62. The van der Waals surface area contributed by atoms with Gasteiger partial charge in [-0.2, -0.15) is 0 Å². The van der Waals surface area contributed by atoms with Gasteiger partial charge in [-0.05, 0) is 30.9 Å². The maximum absolute atomic E-state index is 11.2. The van der Waals surface area contributed by atoms with Crippen LogP contribution in [0.5, 0.6) is 0 Å². The lowest BCUT2D eigenvalue weighted by molar-refractivity contribution is -0.308. The van der Waals surface area contributed by atoms with Gasteiger partial charge in [0, 0.05) is 11.6 Å². The van der Waals surface area contributed by atoms with Crippen LogP contribution in [0.4, 0.5) is 5.69 Å². The molecule has 0 amide bonds. The van der Waals surface area contributed by atoms with Crippen molar-refractivity contribution in [3.63, 3.8) is 0 Å². The maximum Gasteiger partial charge on any atom is 0.0698 e. The van der Waals surface area contributed by atoms with Crippen molar-refractivity contribution in [3.05, 3.63) is 41.5 Å². The van der Waals surface area contributed by atoms with Gasteiger partial charge in [0.15, 0.2) is 0 Å². The Hall–Kier alpha value is -1.77. The zero-order valence-electron chi connectivity index (χ0n) is 9.64. The van der Waals surface area contributed by atoms with Crippen LogP contribution in [0.25, 0.3) is 0 Å². The molecule has 0 radical (unpaired) electrons. The van der Waals surface area contributed by atoms with E-state index in [1.54, 1.807) is 0 Å². The highest BCUT2D eigenvalue weighted by Gasteiger charge is 2.37. The van der Waals surface area contributed by atoms with E-state index < -0.39 is 12.0 Å². The minimum absolute atomic E-state index is 0.0919. The van der Waals surface area contributed by atoms with Gasteiger partial charge in [0.2, 0.25) is 0 Å². The quantitative estimate of drug-likeness (QED) is 0.735. The van der Waals surface area contributed by atoms with Crippen molar-refractivity contribution < 1.29 is 9.90 Å². The zero-order chi connectivity index (χ0) is 12.0. The molecule has 0 unspecified atom stereocenters. The Morgan fingerprint density at radius 3 is 3.06 bits per heavy atom. The minimum Gasteiger partial charge on any atom is -0.548 e. The standard InChI is InChI=1S/C14H15NO2/c1-8-5-6-12-11(7-8)9-3-2-4-10(9)13(15-12)14(16)17/h2-3,5-7,9-10,13,15H,4H2,1H3,(H,16,17)/p-1/t9-,10-,13-/m1/s1. The van der Waals surface area contributed by atoms with Crippen LogP contribution in [0, 0.1) is 12.8 Å². The van der Waals surface area contributed by atoms with E-state index >= 15 is 0 Å². The summed E-state index contributed by atoms with van der Waals surface area (Å²) in [6.07, 6.45) is 5.01. The van der Waals surface area contributed by atoms with E-state index in [1.807, 2.05) is 12.1 Å². The smallest absolute Gasteiger partial charge is 0.0698 e. The Balaban J connectivity index is 2.09. The van der Waals surface area contributed by atoms with E-state index in [1.165, 1.54) is 11.1 Å². The predicted molar refractivity (Wildman–Crippen MR) is 63.6 cm³/mol. The van der Waals surface area contributed by atoms with Crippen LogP contribution in [0.1, 0.15) is 23.5 Å². The maximum atomic E-state index is 11.2. The summed E-state index contributed by atoms with van der Waals surface area (Å²) in [4.78, 5) is 11.2. The molecular formula is C14H14NO2-. The molecule has 3 atom stereocenters. The lowest BCUT2D eigenvalue weighted by atomic mass is 9.79. The topological polar surface area (TPSA) is 52.2 Å². The molecule has 3 nitrogen and oxygen atoms in total. The number of fused-ring (bicyclic) bond motifs is 3. The van der Waals surface area contributed by atoms with E-state index in [-0.39, 0.29) is 11.8 Å². The fourth-order valence-corrected chi connectivity index (χ4v) is 2.95. The molecule has 1 aromatic rings. The molecule has 0 fully saturated rings. The molecule has 1 heterocycles. The Morgan fingerprint density at radius 2 is 2.29 bits per heavy atom. The highest BCUT2D eigenvalue weighted by Crippen LogP contribution is 2.44. The van der Waals surface area contributed by atoms with Crippen molar-refractivity contribution in [1.82, 2.24) is 0 Å². The molecule has 0 bridgehead atoms. The highest BCUT2D eigenvalue weighted by molar-refractivity contribution is 5.79. The summed E-state index contributed by atoms with van der Waals surface area (Å²) in [5, 5.41) is 14.3. The molecule has 1 aliphatic carbocycles. The van der Waals surface area contributed by atoms with E-state index in [4.69, 9.17) is 0 Å². The number of rotatable bonds is 1. The van der Waals surface area contributed by atoms with Crippen molar-refractivity contribution in [3.8, 4) is 0 Å². The molecule has 3 rings (SSSR count). The van der Waals surface area contributed by atoms with E-state index in [2.05, 4.69) is 30.5 Å². The summed E-state index contributed by atoms with van der Waals surface area (Å²) in [5.74, 6) is -0.696. The number of nitrogens with one attached hydrogen (secondary N) is 1. The third kappa shape index (κ3) is 1.54. The van der Waals surface area contributed by atoms with E-state index in [9.17, 15) is 9.90 Å². The number of aryl methyl sites for hydroxylation is 1. The first kappa shape index (κ1) is 10.4. The fourth-order valence-electron chi connectivity index (χ4n) is 2.95. The molecule has 1 aromatic carbocycles. The first-order valence-electron chi connectivity index (χ1n) is 5.91. The second-order valence-corrected chi connectivity index (χ2v) is 4.89. The van der Waals surface area contributed by atoms with E-state index in [0.29, 0.717) is 0 Å². The molecular weight excluding hydrogens is 214 g/mol. The average Bonchev–Trinajstić information content (AvgIpc) is 2.76. The number of carbonyl (C=O) groups is 1. The largest absolute Gasteiger partial charge is 0.548 e. The van der Waals surface area contributed by atoms with Gasteiger partial charge in [-0.3, -0.25) is 0 Å². The number of benzene rings is 1.